The molecule has 1 N–H and O–H groups in total. The van der Waals surface area contributed by atoms with E-state index in [0.29, 0.717) is 0 Å². The Morgan fingerprint density at radius 2 is 1.67 bits per heavy atom. The van der Waals surface area contributed by atoms with E-state index in [0.717, 1.165) is 4.81 Å². The Hall–Kier alpha value is 0.648. The van der Waals surface area contributed by atoms with E-state index >= 15 is 0 Å². The Labute approximate surface area is 83.6 Å². The third kappa shape index (κ3) is 6.20. The monoisotopic (exact) mass is 257 g/mol. The van der Waals surface area contributed by atoms with Crippen LogP contribution >= 0.6 is 0 Å². The molecule has 2 heteroatoms. The number of unbranched alkanes of at least 4 members (excludes halogenated alkanes) is 3. The van der Waals surface area contributed by atoms with Crippen molar-refractivity contribution in [2.24, 2.45) is 0 Å². The van der Waals surface area contributed by atoms with E-state index in [-0.39, 0.29) is 3.80 Å². The van der Waals surface area contributed by atoms with Gasteiger partial charge in [-0.2, -0.15) is 0 Å². The fourth-order valence-corrected chi connectivity index (χ4v) is 3.65. The van der Waals surface area contributed by atoms with Gasteiger partial charge in [0.25, 0.3) is 0 Å². The van der Waals surface area contributed by atoms with Gasteiger partial charge >= 0.3 is 83.4 Å². The minimum atomic E-state index is -1.72. The molecule has 0 aromatic carbocycles. The number of rotatable bonds is 5. The summed E-state index contributed by atoms with van der Waals surface area (Å²) in [5.41, 5.74) is 0. The van der Waals surface area contributed by atoms with Crippen molar-refractivity contribution in [3.05, 3.63) is 0 Å². The average molecular weight is 255 g/mol. The topological polar surface area (TPSA) is 20.2 Å². The van der Waals surface area contributed by atoms with Crippen LogP contribution in [0.5, 0.6) is 0 Å². The number of hydrogen-bond acceptors (Lipinski definition) is 1. The van der Waals surface area contributed by atoms with Crippen LogP contribution in [0.15, 0.2) is 0 Å². The Kier molecular flexibility index (Phi) is 6.49. The third-order valence-corrected chi connectivity index (χ3v) is 7.03. The molecule has 0 spiro atoms. The molecule has 12 heavy (non-hydrogen) atoms. The first kappa shape index (κ1) is 12.6. The standard InChI is InChI=1S/C6H13.C4H9.Mo.H2O/c1-3-5-6-4-2;1-4(2)3;;/h1,3-6H2,2H3;1-3H3;;1H2/q;;+1;/p-1. The molecular weight excluding hydrogens is 232 g/mol. The molecule has 0 aliphatic carbocycles. The van der Waals surface area contributed by atoms with Gasteiger partial charge in [0.1, 0.15) is 0 Å². The first-order chi connectivity index (χ1) is 5.48. The molecule has 0 heterocycles. The molecule has 0 radical (unpaired) electrons. The van der Waals surface area contributed by atoms with E-state index in [4.69, 9.17) is 0 Å². The molecule has 0 aromatic rings. The Morgan fingerprint density at radius 3 is 2.08 bits per heavy atom. The van der Waals surface area contributed by atoms with Crippen LogP contribution in [-0.4, -0.2) is 3.76 Å². The van der Waals surface area contributed by atoms with Crippen molar-refractivity contribution in [3.8, 4) is 0 Å². The molecule has 0 saturated heterocycles. The molecule has 0 aliphatic heterocycles. The average Bonchev–Trinajstić information content (AvgIpc) is 1.96. The van der Waals surface area contributed by atoms with Gasteiger partial charge < -0.3 is 0 Å². The van der Waals surface area contributed by atoms with Crippen LogP contribution in [0.3, 0.4) is 0 Å². The van der Waals surface area contributed by atoms with Gasteiger partial charge in [0.05, 0.1) is 0 Å². The van der Waals surface area contributed by atoms with Crippen LogP contribution in [0.1, 0.15) is 53.4 Å². The molecule has 0 fully saturated rings. The number of hydrogen-bond donors (Lipinski definition) is 1. The molecule has 0 atom stereocenters. The summed E-state index contributed by atoms with van der Waals surface area (Å²) in [4.78, 5) is 1.13. The van der Waals surface area contributed by atoms with Gasteiger partial charge in [-0.15, -0.1) is 0 Å². The van der Waals surface area contributed by atoms with Crippen molar-refractivity contribution in [2.75, 3.05) is 0 Å². The predicted octanol–water partition coefficient (Wildman–Crippen LogP) is 3.73. The summed E-state index contributed by atoms with van der Waals surface area (Å²) in [5.74, 6) is 0. The SMILES string of the molecule is CCCCC[CH2][Mo]([OH])[C](C)(C)C. The maximum atomic E-state index is 9.86. The fraction of sp³-hybridized carbons (Fsp3) is 1.00. The maximum absolute atomic E-state index is 9.86. The normalized spacial score (nSPS) is 12.5. The summed E-state index contributed by atoms with van der Waals surface area (Å²) in [5, 5.41) is 0. The molecule has 1 nitrogen and oxygen atoms in total. The molecule has 0 rings (SSSR count). The summed E-state index contributed by atoms with van der Waals surface area (Å²) in [7, 11) is 0. The summed E-state index contributed by atoms with van der Waals surface area (Å²) in [6.45, 7) is 8.73. The van der Waals surface area contributed by atoms with Gasteiger partial charge in [-0.1, -0.05) is 0 Å². The van der Waals surface area contributed by atoms with Crippen molar-refractivity contribution < 1.29 is 21.5 Å². The second kappa shape index (κ2) is 6.16. The van der Waals surface area contributed by atoms with E-state index in [1.165, 1.54) is 25.7 Å². The molecule has 0 bridgehead atoms. The molecule has 0 aliphatic rings. The minimum absolute atomic E-state index is 0.232. The van der Waals surface area contributed by atoms with Crippen LogP contribution in [-0.2, 0) is 17.7 Å². The van der Waals surface area contributed by atoms with Gasteiger partial charge in [-0.3, -0.25) is 0 Å². The summed E-state index contributed by atoms with van der Waals surface area (Å²) in [6.07, 6.45) is 5.18. The molecule has 0 aromatic heterocycles. The van der Waals surface area contributed by atoms with Gasteiger partial charge in [0, 0.05) is 0 Å². The summed E-state index contributed by atoms with van der Waals surface area (Å²) in [6, 6.07) is 0. The Bertz CT molecular complexity index is 107. The molecule has 75 valence electrons. The van der Waals surface area contributed by atoms with Gasteiger partial charge in [0.15, 0.2) is 0 Å². The van der Waals surface area contributed by atoms with Crippen LogP contribution < -0.4 is 0 Å². The first-order valence-corrected chi connectivity index (χ1v) is 8.20. The fourth-order valence-electron chi connectivity index (χ4n) is 0.972. The van der Waals surface area contributed by atoms with Crippen LogP contribution in [0.2, 0.25) is 8.62 Å². The molecule has 0 saturated carbocycles. The Balaban J connectivity index is 3.38. The van der Waals surface area contributed by atoms with Crippen molar-refractivity contribution in [1.29, 1.82) is 0 Å². The zero-order valence-electron chi connectivity index (χ0n) is 8.89. The second-order valence-electron chi connectivity index (χ2n) is 4.24. The van der Waals surface area contributed by atoms with Crippen LogP contribution in [0, 0.1) is 0 Å². The van der Waals surface area contributed by atoms with Gasteiger partial charge in [-0.25, -0.2) is 0 Å². The zero-order valence-corrected chi connectivity index (χ0v) is 10.9. The van der Waals surface area contributed by atoms with E-state index in [1.807, 2.05) is 0 Å². The summed E-state index contributed by atoms with van der Waals surface area (Å²) >= 11 is -1.72. The molecule has 0 unspecified atom stereocenters. The van der Waals surface area contributed by atoms with E-state index in [2.05, 4.69) is 27.7 Å². The van der Waals surface area contributed by atoms with Crippen LogP contribution in [0.25, 0.3) is 0 Å². The molecular formula is C10H23MoO. The van der Waals surface area contributed by atoms with E-state index in [1.54, 1.807) is 0 Å². The van der Waals surface area contributed by atoms with E-state index in [9.17, 15) is 3.76 Å². The van der Waals surface area contributed by atoms with Gasteiger partial charge in [-0.05, 0) is 0 Å². The molecule has 0 amide bonds. The predicted molar refractivity (Wildman–Crippen MR) is 50.9 cm³/mol. The van der Waals surface area contributed by atoms with Gasteiger partial charge in [0.2, 0.25) is 0 Å². The first-order valence-electron chi connectivity index (χ1n) is 4.88. The van der Waals surface area contributed by atoms with Crippen molar-refractivity contribution in [1.82, 2.24) is 0 Å². The third-order valence-electron chi connectivity index (χ3n) is 1.90. The van der Waals surface area contributed by atoms with Crippen molar-refractivity contribution in [3.63, 3.8) is 0 Å². The quantitative estimate of drug-likeness (QED) is 0.586. The van der Waals surface area contributed by atoms with Crippen LogP contribution in [0.4, 0.5) is 0 Å². The summed E-state index contributed by atoms with van der Waals surface area (Å²) < 4.78 is 10.1. The van der Waals surface area contributed by atoms with E-state index < -0.39 is 17.7 Å². The van der Waals surface area contributed by atoms with Crippen molar-refractivity contribution in [2.45, 2.75) is 62.0 Å². The Morgan fingerprint density at radius 1 is 1.08 bits per heavy atom. The van der Waals surface area contributed by atoms with Crippen molar-refractivity contribution >= 4 is 0 Å². The second-order valence-corrected chi connectivity index (χ2v) is 10.0. The zero-order chi connectivity index (χ0) is 9.61.